The van der Waals surface area contributed by atoms with E-state index in [1.54, 1.807) is 6.08 Å². The number of piperidine rings is 2. The van der Waals surface area contributed by atoms with E-state index in [0.29, 0.717) is 61.6 Å². The number of amides is 3. The first-order valence-corrected chi connectivity index (χ1v) is 17.5. The monoisotopic (exact) mass is 658 g/mol. The van der Waals surface area contributed by atoms with Crippen molar-refractivity contribution in [3.05, 3.63) is 83.9 Å². The lowest BCUT2D eigenvalue weighted by molar-refractivity contribution is -0.132. The number of ether oxygens (including phenoxy) is 1. The summed E-state index contributed by atoms with van der Waals surface area (Å²) in [7, 11) is 0. The molecule has 11 heteroatoms. The van der Waals surface area contributed by atoms with Gasteiger partial charge in [0.2, 0.25) is 22.1 Å². The summed E-state index contributed by atoms with van der Waals surface area (Å²) in [4.78, 5) is 41.6. The first-order chi connectivity index (χ1) is 23.0. The topological polar surface area (TPSA) is 117 Å². The number of hydrogen-bond donors (Lipinski definition) is 2. The van der Waals surface area contributed by atoms with Gasteiger partial charge >= 0.3 is 0 Å². The minimum atomic E-state index is -0.0924. The highest BCUT2D eigenvalue weighted by Crippen LogP contribution is 2.29. The Labute approximate surface area is 281 Å². The Morgan fingerprint density at radius 2 is 1.68 bits per heavy atom. The Morgan fingerprint density at radius 1 is 0.936 bits per heavy atom. The molecule has 0 atom stereocenters. The second-order valence-electron chi connectivity index (χ2n) is 12.4. The molecule has 0 radical (unpaired) electrons. The van der Waals surface area contributed by atoms with Crippen molar-refractivity contribution < 1.29 is 19.1 Å². The molecule has 1 aromatic heterocycles. The van der Waals surface area contributed by atoms with E-state index in [0.717, 1.165) is 74.5 Å². The predicted molar refractivity (Wildman–Crippen MR) is 185 cm³/mol. The number of benzene rings is 2. The summed E-state index contributed by atoms with van der Waals surface area (Å²) in [5.74, 6) is 0.998. The number of anilines is 2. The second kappa shape index (κ2) is 17.7. The molecule has 0 saturated carbocycles. The summed E-state index contributed by atoms with van der Waals surface area (Å²) >= 11 is 1.42. The van der Waals surface area contributed by atoms with Crippen LogP contribution in [0.3, 0.4) is 0 Å². The molecule has 2 aliphatic rings. The van der Waals surface area contributed by atoms with E-state index < -0.39 is 0 Å². The van der Waals surface area contributed by atoms with E-state index >= 15 is 0 Å². The van der Waals surface area contributed by atoms with Crippen molar-refractivity contribution >= 4 is 39.3 Å². The Balaban J connectivity index is 0.952. The lowest BCUT2D eigenvalue weighted by Gasteiger charge is -2.32. The number of aromatic nitrogens is 2. The lowest BCUT2D eigenvalue weighted by atomic mass is 9.94. The summed E-state index contributed by atoms with van der Waals surface area (Å²) in [6, 6.07) is 17.3. The molecule has 3 heterocycles. The maximum absolute atomic E-state index is 12.9. The lowest BCUT2D eigenvalue weighted by Crippen LogP contribution is -2.41. The third-order valence-corrected chi connectivity index (χ3v) is 9.86. The zero-order valence-electron chi connectivity index (χ0n) is 27.1. The fourth-order valence-electron chi connectivity index (χ4n) is 6.10. The van der Waals surface area contributed by atoms with Crippen LogP contribution in [0.1, 0.15) is 66.4 Å². The van der Waals surface area contributed by atoms with Gasteiger partial charge in [-0.3, -0.25) is 14.4 Å². The number of nitrogens with zero attached hydrogens (tertiary/aromatic N) is 4. The molecule has 2 aromatic carbocycles. The molecular formula is C36H46N6O4S. The fraction of sp³-hybridized carbons (Fsp3) is 0.472. The maximum atomic E-state index is 12.9. The van der Waals surface area contributed by atoms with E-state index in [-0.39, 0.29) is 17.7 Å². The molecule has 3 amide bonds. The van der Waals surface area contributed by atoms with Crippen LogP contribution in [0, 0.1) is 11.8 Å². The molecule has 3 aromatic rings. The second-order valence-corrected chi connectivity index (χ2v) is 13.4. The minimum Gasteiger partial charge on any atom is -0.377 e. The summed E-state index contributed by atoms with van der Waals surface area (Å²) < 4.78 is 6.02. The molecule has 0 spiro atoms. The van der Waals surface area contributed by atoms with Crippen molar-refractivity contribution in [1.82, 2.24) is 20.4 Å². The summed E-state index contributed by atoms with van der Waals surface area (Å²) in [5, 5.41) is 15.8. The van der Waals surface area contributed by atoms with Crippen LogP contribution < -0.4 is 15.5 Å². The smallest absolute Gasteiger partial charge is 0.251 e. The highest BCUT2D eigenvalue weighted by Gasteiger charge is 2.24. The van der Waals surface area contributed by atoms with Gasteiger partial charge in [-0.05, 0) is 73.6 Å². The number of carbonyl (C=O) groups is 3. The first-order valence-electron chi connectivity index (χ1n) is 16.7. The van der Waals surface area contributed by atoms with Gasteiger partial charge in [-0.15, -0.1) is 16.8 Å². The van der Waals surface area contributed by atoms with Crippen molar-refractivity contribution in [3.8, 4) is 0 Å². The molecule has 0 bridgehead atoms. The SMILES string of the molecule is C=CCCC(=O)N1CCC(CNC(=O)c2cccc(COCCC3CCN(c4nnc(NC(=O)Cc5ccccc5)s4)CC3)c2)CC1. The van der Waals surface area contributed by atoms with Crippen LogP contribution >= 0.6 is 11.3 Å². The van der Waals surface area contributed by atoms with Gasteiger partial charge in [0, 0.05) is 51.3 Å². The van der Waals surface area contributed by atoms with E-state index in [9.17, 15) is 14.4 Å². The van der Waals surface area contributed by atoms with Gasteiger partial charge in [-0.25, -0.2) is 0 Å². The zero-order valence-corrected chi connectivity index (χ0v) is 27.9. The summed E-state index contributed by atoms with van der Waals surface area (Å²) in [6.45, 7) is 8.78. The Morgan fingerprint density at radius 3 is 2.45 bits per heavy atom. The standard InChI is InChI=1S/C36H46N6O4S/c1-2-3-12-33(44)41-18-15-29(16-19-41)25-37-34(45)31-11-7-10-30(23-31)26-46-22-17-27-13-20-42(21-14-27)36-40-39-35(47-36)38-32(43)24-28-8-5-4-6-9-28/h2,4-11,23,27,29H,1,3,12-22,24-26H2,(H,37,45)(H,38,39,43). The van der Waals surface area contributed by atoms with E-state index in [4.69, 9.17) is 4.74 Å². The Hall–Kier alpha value is -4.09. The zero-order chi connectivity index (χ0) is 32.8. The molecule has 0 unspecified atom stereocenters. The number of nitrogens with one attached hydrogen (secondary N) is 2. The Kier molecular flexibility index (Phi) is 12.9. The molecular weight excluding hydrogens is 613 g/mol. The third-order valence-electron chi connectivity index (χ3n) is 8.96. The quantitative estimate of drug-likeness (QED) is 0.164. The largest absolute Gasteiger partial charge is 0.377 e. The summed E-state index contributed by atoms with van der Waals surface area (Å²) in [6.07, 6.45) is 8.25. The molecule has 250 valence electrons. The average Bonchev–Trinajstić information content (AvgIpc) is 3.57. The number of rotatable bonds is 15. The van der Waals surface area contributed by atoms with Crippen molar-refractivity contribution in [2.24, 2.45) is 11.8 Å². The van der Waals surface area contributed by atoms with Crippen molar-refractivity contribution in [3.63, 3.8) is 0 Å². The molecule has 0 aliphatic carbocycles. The highest BCUT2D eigenvalue weighted by molar-refractivity contribution is 7.19. The number of hydrogen-bond acceptors (Lipinski definition) is 8. The van der Waals surface area contributed by atoms with Crippen LogP contribution in [0.25, 0.3) is 0 Å². The summed E-state index contributed by atoms with van der Waals surface area (Å²) in [5.41, 5.74) is 2.60. The molecule has 5 rings (SSSR count). The Bertz CT molecular complexity index is 1460. The molecule has 2 N–H and O–H groups in total. The molecule has 2 aliphatic heterocycles. The first kappa shape index (κ1) is 34.3. The van der Waals surface area contributed by atoms with Crippen LogP contribution in [0.15, 0.2) is 67.3 Å². The molecule has 47 heavy (non-hydrogen) atoms. The van der Waals surface area contributed by atoms with Gasteiger partial charge in [-0.2, -0.15) is 0 Å². The molecule has 2 saturated heterocycles. The van der Waals surface area contributed by atoms with E-state index in [1.165, 1.54) is 11.3 Å². The average molecular weight is 659 g/mol. The van der Waals surface area contributed by atoms with E-state index in [1.807, 2.05) is 59.5 Å². The van der Waals surface area contributed by atoms with Crippen LogP contribution in [0.5, 0.6) is 0 Å². The van der Waals surface area contributed by atoms with Crippen molar-refractivity contribution in [2.45, 2.75) is 58.0 Å². The number of carbonyl (C=O) groups excluding carboxylic acids is 3. The van der Waals surface area contributed by atoms with E-state index in [2.05, 4.69) is 32.3 Å². The molecule has 2 fully saturated rings. The van der Waals surface area contributed by atoms with Crippen LogP contribution in [0.2, 0.25) is 0 Å². The van der Waals surface area contributed by atoms with Gasteiger partial charge in [-0.1, -0.05) is 59.9 Å². The molecule has 10 nitrogen and oxygen atoms in total. The maximum Gasteiger partial charge on any atom is 0.251 e. The van der Waals surface area contributed by atoms with Crippen LogP contribution in [-0.2, 0) is 27.4 Å². The predicted octanol–water partition coefficient (Wildman–Crippen LogP) is 5.48. The van der Waals surface area contributed by atoms with Crippen molar-refractivity contribution in [2.75, 3.05) is 49.5 Å². The van der Waals surface area contributed by atoms with Gasteiger partial charge in [0.25, 0.3) is 5.91 Å². The van der Waals surface area contributed by atoms with Gasteiger partial charge in [0.15, 0.2) is 0 Å². The fourth-order valence-corrected chi connectivity index (χ4v) is 6.92. The van der Waals surface area contributed by atoms with Crippen LogP contribution in [0.4, 0.5) is 10.3 Å². The van der Waals surface area contributed by atoms with Crippen molar-refractivity contribution in [1.29, 1.82) is 0 Å². The van der Waals surface area contributed by atoms with Gasteiger partial charge < -0.3 is 25.2 Å². The highest BCUT2D eigenvalue weighted by atomic mass is 32.1. The number of allylic oxidation sites excluding steroid dienone is 1. The number of likely N-dealkylation sites (tertiary alicyclic amines) is 1. The minimum absolute atomic E-state index is 0.0692. The third kappa shape index (κ3) is 10.7. The van der Waals surface area contributed by atoms with Gasteiger partial charge in [0.05, 0.1) is 13.0 Å². The van der Waals surface area contributed by atoms with Crippen LogP contribution in [-0.4, -0.2) is 72.1 Å². The van der Waals surface area contributed by atoms with Gasteiger partial charge in [0.1, 0.15) is 0 Å². The normalized spacial score (nSPS) is 15.7.